The number of aromatic nitrogens is 2. The van der Waals surface area contributed by atoms with Crippen molar-refractivity contribution in [2.75, 3.05) is 18.8 Å². The van der Waals surface area contributed by atoms with E-state index in [0.717, 1.165) is 31.8 Å². The van der Waals surface area contributed by atoms with Gasteiger partial charge in [-0.15, -0.1) is 0 Å². The van der Waals surface area contributed by atoms with Crippen LogP contribution in [-0.4, -0.2) is 33.7 Å². The van der Waals surface area contributed by atoms with Gasteiger partial charge in [-0.2, -0.15) is 5.10 Å². The lowest BCUT2D eigenvalue weighted by atomic mass is 9.87. The number of piperidine rings is 1. The van der Waals surface area contributed by atoms with E-state index in [9.17, 15) is 4.79 Å². The zero-order valence-electron chi connectivity index (χ0n) is 11.2. The van der Waals surface area contributed by atoms with Crippen molar-refractivity contribution in [2.24, 2.45) is 11.8 Å². The maximum atomic E-state index is 12.1. The first kappa shape index (κ1) is 12.9. The van der Waals surface area contributed by atoms with Crippen LogP contribution in [0.15, 0.2) is 12.4 Å². The highest BCUT2D eigenvalue weighted by Crippen LogP contribution is 2.24. The van der Waals surface area contributed by atoms with Gasteiger partial charge in [0.15, 0.2) is 0 Å². The zero-order chi connectivity index (χ0) is 13.1. The Hall–Kier alpha value is -1.52. The fourth-order valence-electron chi connectivity index (χ4n) is 2.52. The fourth-order valence-corrected chi connectivity index (χ4v) is 2.52. The number of carbonyl (C=O) groups is 1. The first-order valence-electron chi connectivity index (χ1n) is 6.62. The van der Waals surface area contributed by atoms with Crippen LogP contribution in [0.1, 0.15) is 26.7 Å². The Labute approximate surface area is 108 Å². The first-order valence-corrected chi connectivity index (χ1v) is 6.62. The molecule has 5 nitrogen and oxygen atoms in total. The third-order valence-corrected chi connectivity index (χ3v) is 3.79. The van der Waals surface area contributed by atoms with Gasteiger partial charge in [-0.25, -0.2) is 0 Å². The lowest BCUT2D eigenvalue weighted by molar-refractivity contribution is -0.133. The van der Waals surface area contributed by atoms with Crippen LogP contribution in [0, 0.1) is 11.8 Å². The minimum atomic E-state index is 0.139. The van der Waals surface area contributed by atoms with Gasteiger partial charge in [-0.1, -0.05) is 13.8 Å². The highest BCUT2D eigenvalue weighted by molar-refractivity contribution is 5.76. The van der Waals surface area contributed by atoms with Gasteiger partial charge < -0.3 is 10.6 Å². The van der Waals surface area contributed by atoms with E-state index in [-0.39, 0.29) is 5.91 Å². The van der Waals surface area contributed by atoms with E-state index in [0.29, 0.717) is 18.2 Å². The smallest absolute Gasteiger partial charge is 0.244 e. The fraction of sp³-hybridized carbons (Fsp3) is 0.692. The second kappa shape index (κ2) is 5.42. The van der Waals surface area contributed by atoms with Crippen LogP contribution in [-0.2, 0) is 11.3 Å². The van der Waals surface area contributed by atoms with Crippen molar-refractivity contribution in [3.05, 3.63) is 12.4 Å². The average Bonchev–Trinajstić information content (AvgIpc) is 2.75. The Morgan fingerprint density at radius 1 is 1.50 bits per heavy atom. The number of hydrogen-bond donors (Lipinski definition) is 1. The molecule has 100 valence electrons. The standard InChI is InChI=1S/C13H22N4O/c1-10(2)11-3-5-16(6-4-11)13(18)9-17-8-12(14)7-15-17/h7-8,10-11H,3-6,9,14H2,1-2H3. The SMILES string of the molecule is CC(C)C1CCN(C(=O)Cn2cc(N)cn2)CC1. The molecule has 0 radical (unpaired) electrons. The van der Waals surface area contributed by atoms with Gasteiger partial charge >= 0.3 is 0 Å². The van der Waals surface area contributed by atoms with Crippen LogP contribution >= 0.6 is 0 Å². The van der Waals surface area contributed by atoms with Crippen molar-refractivity contribution < 1.29 is 4.79 Å². The van der Waals surface area contributed by atoms with Crippen LogP contribution in [0.3, 0.4) is 0 Å². The first-order chi connectivity index (χ1) is 8.56. The van der Waals surface area contributed by atoms with Gasteiger partial charge in [0.1, 0.15) is 6.54 Å². The van der Waals surface area contributed by atoms with E-state index in [1.807, 2.05) is 4.90 Å². The molecule has 0 saturated carbocycles. The molecule has 0 bridgehead atoms. The second-order valence-electron chi connectivity index (χ2n) is 5.43. The number of rotatable bonds is 3. The Morgan fingerprint density at radius 3 is 2.67 bits per heavy atom. The number of likely N-dealkylation sites (tertiary alicyclic amines) is 1. The van der Waals surface area contributed by atoms with Crippen molar-refractivity contribution in [3.63, 3.8) is 0 Å². The minimum Gasteiger partial charge on any atom is -0.396 e. The number of hydrogen-bond acceptors (Lipinski definition) is 3. The van der Waals surface area contributed by atoms with Crippen molar-refractivity contribution in [2.45, 2.75) is 33.2 Å². The van der Waals surface area contributed by atoms with Crippen molar-refractivity contribution in [3.8, 4) is 0 Å². The molecule has 5 heteroatoms. The molecule has 1 amide bonds. The third-order valence-electron chi connectivity index (χ3n) is 3.79. The molecule has 0 aliphatic carbocycles. The van der Waals surface area contributed by atoms with E-state index in [4.69, 9.17) is 5.73 Å². The Kier molecular flexibility index (Phi) is 3.89. The molecule has 2 N–H and O–H groups in total. The molecular formula is C13H22N4O. The van der Waals surface area contributed by atoms with Crippen LogP contribution in [0.5, 0.6) is 0 Å². The van der Waals surface area contributed by atoms with E-state index in [2.05, 4.69) is 18.9 Å². The summed E-state index contributed by atoms with van der Waals surface area (Å²) in [5.74, 6) is 1.61. The highest BCUT2D eigenvalue weighted by Gasteiger charge is 2.24. The molecule has 18 heavy (non-hydrogen) atoms. The molecule has 1 aromatic heterocycles. The molecule has 0 spiro atoms. The third kappa shape index (κ3) is 3.03. The number of carbonyl (C=O) groups excluding carboxylic acids is 1. The van der Waals surface area contributed by atoms with E-state index < -0.39 is 0 Å². The van der Waals surface area contributed by atoms with E-state index in [1.165, 1.54) is 0 Å². The zero-order valence-corrected chi connectivity index (χ0v) is 11.2. The molecule has 1 fully saturated rings. The van der Waals surface area contributed by atoms with Crippen LogP contribution in [0.4, 0.5) is 5.69 Å². The van der Waals surface area contributed by atoms with Gasteiger partial charge in [0.05, 0.1) is 11.9 Å². The summed E-state index contributed by atoms with van der Waals surface area (Å²) in [6, 6.07) is 0. The average molecular weight is 250 g/mol. The maximum Gasteiger partial charge on any atom is 0.244 e. The predicted octanol–water partition coefficient (Wildman–Crippen LogP) is 1.36. The van der Waals surface area contributed by atoms with Crippen LogP contribution < -0.4 is 5.73 Å². The number of nitrogens with two attached hydrogens (primary N) is 1. The topological polar surface area (TPSA) is 64.2 Å². The Bertz CT molecular complexity index is 405. The highest BCUT2D eigenvalue weighted by atomic mass is 16.2. The van der Waals surface area contributed by atoms with E-state index in [1.54, 1.807) is 17.1 Å². The second-order valence-corrected chi connectivity index (χ2v) is 5.43. The van der Waals surface area contributed by atoms with Crippen molar-refractivity contribution in [1.82, 2.24) is 14.7 Å². The summed E-state index contributed by atoms with van der Waals surface area (Å²) in [4.78, 5) is 14.0. The molecule has 1 aliphatic heterocycles. The normalized spacial score (nSPS) is 17.4. The molecule has 2 rings (SSSR count). The van der Waals surface area contributed by atoms with Gasteiger partial charge in [-0.3, -0.25) is 9.48 Å². The summed E-state index contributed by atoms with van der Waals surface area (Å²) in [5.41, 5.74) is 6.17. The molecule has 2 heterocycles. The van der Waals surface area contributed by atoms with Crippen LogP contribution in [0.2, 0.25) is 0 Å². The van der Waals surface area contributed by atoms with E-state index >= 15 is 0 Å². The maximum absolute atomic E-state index is 12.1. The quantitative estimate of drug-likeness (QED) is 0.881. The number of nitrogen functional groups attached to an aromatic ring is 1. The summed E-state index contributed by atoms with van der Waals surface area (Å²) in [6.07, 6.45) is 5.49. The van der Waals surface area contributed by atoms with Gasteiger partial charge in [0, 0.05) is 19.3 Å². The summed E-state index contributed by atoms with van der Waals surface area (Å²) in [6.45, 7) is 6.56. The molecule has 1 aromatic rings. The lowest BCUT2D eigenvalue weighted by Crippen LogP contribution is -2.41. The van der Waals surface area contributed by atoms with Gasteiger partial charge in [0.2, 0.25) is 5.91 Å². The molecular weight excluding hydrogens is 228 g/mol. The summed E-state index contributed by atoms with van der Waals surface area (Å²) < 4.78 is 1.60. The number of amides is 1. The molecule has 1 saturated heterocycles. The molecule has 0 atom stereocenters. The van der Waals surface area contributed by atoms with Crippen LogP contribution in [0.25, 0.3) is 0 Å². The Balaban J connectivity index is 1.84. The lowest BCUT2D eigenvalue weighted by Gasteiger charge is -2.33. The summed E-state index contributed by atoms with van der Waals surface area (Å²) >= 11 is 0. The monoisotopic (exact) mass is 250 g/mol. The molecule has 1 aliphatic rings. The minimum absolute atomic E-state index is 0.139. The van der Waals surface area contributed by atoms with Crippen molar-refractivity contribution in [1.29, 1.82) is 0 Å². The summed E-state index contributed by atoms with van der Waals surface area (Å²) in [5, 5.41) is 4.04. The number of anilines is 1. The molecule has 0 aromatic carbocycles. The van der Waals surface area contributed by atoms with Crippen molar-refractivity contribution >= 4 is 11.6 Å². The Morgan fingerprint density at radius 2 is 2.17 bits per heavy atom. The summed E-state index contributed by atoms with van der Waals surface area (Å²) in [7, 11) is 0. The molecule has 0 unspecified atom stereocenters. The predicted molar refractivity (Wildman–Crippen MR) is 70.8 cm³/mol. The van der Waals surface area contributed by atoms with Gasteiger partial charge in [-0.05, 0) is 24.7 Å². The largest absolute Gasteiger partial charge is 0.396 e. The number of nitrogens with zero attached hydrogens (tertiary/aromatic N) is 3. The van der Waals surface area contributed by atoms with Gasteiger partial charge in [0.25, 0.3) is 0 Å².